The van der Waals surface area contributed by atoms with Crippen LogP contribution in [0.2, 0.25) is 0 Å². The molecule has 2 aromatic rings. The molecular weight excluding hydrogens is 282 g/mol. The quantitative estimate of drug-likeness (QED) is 0.601. The number of alkyl halides is 1. The first-order valence-electron chi connectivity index (χ1n) is 5.33. The van der Waals surface area contributed by atoms with E-state index in [1.165, 1.54) is 0 Å². The van der Waals surface area contributed by atoms with E-state index in [0.717, 1.165) is 10.8 Å². The van der Waals surface area contributed by atoms with E-state index in [4.69, 9.17) is 5.73 Å². The third-order valence-corrected chi connectivity index (χ3v) is 3.42. The number of hydrogen-bond donors (Lipinski definition) is 3. The number of nitrogen functional groups attached to an aromatic ring is 1. The highest BCUT2D eigenvalue weighted by Crippen LogP contribution is 2.24. The minimum Gasteiger partial charge on any atom is -0.399 e. The van der Waals surface area contributed by atoms with Gasteiger partial charge in [0.15, 0.2) is 0 Å². The van der Waals surface area contributed by atoms with Gasteiger partial charge in [-0.05, 0) is 34.5 Å². The minimum absolute atomic E-state index is 0.341. The zero-order valence-corrected chi connectivity index (χ0v) is 10.8. The first kappa shape index (κ1) is 12.4. The van der Waals surface area contributed by atoms with Crippen molar-refractivity contribution in [2.75, 3.05) is 11.1 Å². The van der Waals surface area contributed by atoms with E-state index in [2.05, 4.69) is 15.9 Å². The summed E-state index contributed by atoms with van der Waals surface area (Å²) in [6, 6.07) is 11.2. The molecule has 2 aromatic carbocycles. The Balaban J connectivity index is 2.41. The largest absolute Gasteiger partial charge is 0.399 e. The predicted molar refractivity (Wildman–Crippen MR) is 73.1 cm³/mol. The molecule has 17 heavy (non-hydrogen) atoms. The third-order valence-electron chi connectivity index (χ3n) is 2.75. The lowest BCUT2D eigenvalue weighted by Crippen LogP contribution is -2.19. The molecule has 2 unspecified atom stereocenters. The average Bonchev–Trinajstić information content (AvgIpc) is 2.36. The molecule has 2 atom stereocenters. The van der Waals surface area contributed by atoms with Crippen LogP contribution in [0.5, 0.6) is 0 Å². The number of aliphatic hydroxyl groups is 2. The summed E-state index contributed by atoms with van der Waals surface area (Å²) in [5, 5.41) is 21.8. The molecule has 0 spiro atoms. The van der Waals surface area contributed by atoms with Gasteiger partial charge in [0.1, 0.15) is 6.10 Å². The maximum Gasteiger partial charge on any atom is 0.106 e. The molecule has 0 heterocycles. The van der Waals surface area contributed by atoms with Gasteiger partial charge in [-0.1, -0.05) is 34.1 Å². The van der Waals surface area contributed by atoms with Crippen molar-refractivity contribution in [2.24, 2.45) is 0 Å². The van der Waals surface area contributed by atoms with Gasteiger partial charge in [0.05, 0.1) is 6.10 Å². The number of benzene rings is 2. The summed E-state index contributed by atoms with van der Waals surface area (Å²) < 4.78 is 0. The standard InChI is InChI=1S/C13H14BrNO2/c14-7-12(16)13(17)10-2-1-9-6-11(15)4-3-8(9)5-10/h1-6,12-13,16-17H,7,15H2. The van der Waals surface area contributed by atoms with Crippen LogP contribution in [0, 0.1) is 0 Å². The smallest absolute Gasteiger partial charge is 0.106 e. The highest BCUT2D eigenvalue weighted by molar-refractivity contribution is 9.09. The fourth-order valence-electron chi connectivity index (χ4n) is 1.77. The lowest BCUT2D eigenvalue weighted by Gasteiger charge is -2.16. The maximum absolute atomic E-state index is 9.90. The van der Waals surface area contributed by atoms with E-state index in [0.29, 0.717) is 16.6 Å². The highest BCUT2D eigenvalue weighted by Gasteiger charge is 2.17. The summed E-state index contributed by atoms with van der Waals surface area (Å²) in [6.45, 7) is 0. The van der Waals surface area contributed by atoms with Crippen molar-refractivity contribution < 1.29 is 10.2 Å². The summed E-state index contributed by atoms with van der Waals surface area (Å²) in [4.78, 5) is 0. The van der Waals surface area contributed by atoms with E-state index < -0.39 is 12.2 Å². The van der Waals surface area contributed by atoms with Gasteiger partial charge >= 0.3 is 0 Å². The molecule has 0 fully saturated rings. The van der Waals surface area contributed by atoms with Gasteiger partial charge in [-0.25, -0.2) is 0 Å². The first-order valence-corrected chi connectivity index (χ1v) is 6.45. The molecule has 0 bridgehead atoms. The number of nitrogens with two attached hydrogens (primary N) is 1. The second kappa shape index (κ2) is 5.04. The van der Waals surface area contributed by atoms with E-state index in [1.54, 1.807) is 6.07 Å². The molecule has 0 aliphatic heterocycles. The summed E-state index contributed by atoms with van der Waals surface area (Å²) in [5.41, 5.74) is 7.11. The van der Waals surface area contributed by atoms with Crippen molar-refractivity contribution in [1.82, 2.24) is 0 Å². The zero-order valence-electron chi connectivity index (χ0n) is 9.18. The zero-order chi connectivity index (χ0) is 12.4. The Kier molecular flexibility index (Phi) is 3.66. The van der Waals surface area contributed by atoms with Gasteiger partial charge in [0.2, 0.25) is 0 Å². The van der Waals surface area contributed by atoms with Gasteiger partial charge in [-0.2, -0.15) is 0 Å². The van der Waals surface area contributed by atoms with E-state index in [1.807, 2.05) is 30.3 Å². The molecule has 4 heteroatoms. The SMILES string of the molecule is Nc1ccc2cc(C(O)C(O)CBr)ccc2c1. The number of fused-ring (bicyclic) bond motifs is 1. The Morgan fingerprint density at radius 1 is 1.06 bits per heavy atom. The second-order valence-electron chi connectivity index (χ2n) is 4.03. The topological polar surface area (TPSA) is 66.5 Å². The van der Waals surface area contributed by atoms with Crippen molar-refractivity contribution in [3.05, 3.63) is 42.0 Å². The summed E-state index contributed by atoms with van der Waals surface area (Å²) in [7, 11) is 0. The van der Waals surface area contributed by atoms with Crippen molar-refractivity contribution >= 4 is 32.4 Å². The molecule has 2 rings (SSSR count). The Bertz CT molecular complexity index is 530. The number of halogens is 1. The van der Waals surface area contributed by atoms with Crippen LogP contribution < -0.4 is 5.73 Å². The van der Waals surface area contributed by atoms with Crippen LogP contribution in [0.3, 0.4) is 0 Å². The maximum atomic E-state index is 9.90. The summed E-state index contributed by atoms with van der Waals surface area (Å²) in [6.07, 6.45) is -1.68. The molecular formula is C13H14BrNO2. The van der Waals surface area contributed by atoms with Crippen LogP contribution in [0.25, 0.3) is 10.8 Å². The van der Waals surface area contributed by atoms with Crippen LogP contribution in [-0.4, -0.2) is 21.6 Å². The fraction of sp³-hybridized carbons (Fsp3) is 0.231. The van der Waals surface area contributed by atoms with Crippen LogP contribution in [-0.2, 0) is 0 Å². The lowest BCUT2D eigenvalue weighted by molar-refractivity contribution is 0.0343. The number of aliphatic hydroxyl groups excluding tert-OH is 2. The molecule has 0 saturated carbocycles. The Hall–Kier alpha value is -1.10. The highest BCUT2D eigenvalue weighted by atomic mass is 79.9. The van der Waals surface area contributed by atoms with Crippen molar-refractivity contribution in [1.29, 1.82) is 0 Å². The third kappa shape index (κ3) is 2.60. The fourth-order valence-corrected chi connectivity index (χ4v) is 2.13. The molecule has 0 aromatic heterocycles. The first-order chi connectivity index (χ1) is 8.11. The van der Waals surface area contributed by atoms with Gasteiger partial charge in [0, 0.05) is 11.0 Å². The monoisotopic (exact) mass is 295 g/mol. The molecule has 3 nitrogen and oxygen atoms in total. The van der Waals surface area contributed by atoms with Crippen LogP contribution in [0.1, 0.15) is 11.7 Å². The van der Waals surface area contributed by atoms with E-state index >= 15 is 0 Å². The Morgan fingerprint density at radius 3 is 2.41 bits per heavy atom. The van der Waals surface area contributed by atoms with Gasteiger partial charge < -0.3 is 15.9 Å². The number of hydrogen-bond acceptors (Lipinski definition) is 3. The van der Waals surface area contributed by atoms with Crippen molar-refractivity contribution in [3.8, 4) is 0 Å². The molecule has 4 N–H and O–H groups in total. The molecule has 0 aliphatic rings. The molecule has 0 aliphatic carbocycles. The molecule has 0 radical (unpaired) electrons. The van der Waals surface area contributed by atoms with Crippen LogP contribution >= 0.6 is 15.9 Å². The number of rotatable bonds is 3. The second-order valence-corrected chi connectivity index (χ2v) is 4.68. The normalized spacial score (nSPS) is 14.8. The number of anilines is 1. The van der Waals surface area contributed by atoms with Crippen molar-refractivity contribution in [3.63, 3.8) is 0 Å². The minimum atomic E-state index is -0.878. The van der Waals surface area contributed by atoms with Crippen LogP contribution in [0.15, 0.2) is 36.4 Å². The van der Waals surface area contributed by atoms with Gasteiger partial charge in [0.25, 0.3) is 0 Å². The van der Waals surface area contributed by atoms with Crippen molar-refractivity contribution in [2.45, 2.75) is 12.2 Å². The van der Waals surface area contributed by atoms with E-state index in [-0.39, 0.29) is 0 Å². The molecule has 90 valence electrons. The Labute approximate surface area is 108 Å². The average molecular weight is 296 g/mol. The van der Waals surface area contributed by atoms with E-state index in [9.17, 15) is 10.2 Å². The Morgan fingerprint density at radius 2 is 1.71 bits per heavy atom. The molecule has 0 amide bonds. The van der Waals surface area contributed by atoms with Gasteiger partial charge in [-0.15, -0.1) is 0 Å². The van der Waals surface area contributed by atoms with Gasteiger partial charge in [-0.3, -0.25) is 0 Å². The summed E-state index contributed by atoms with van der Waals surface area (Å²) in [5.74, 6) is 0. The van der Waals surface area contributed by atoms with Crippen LogP contribution in [0.4, 0.5) is 5.69 Å². The lowest BCUT2D eigenvalue weighted by atomic mass is 10.0. The predicted octanol–water partition coefficient (Wildman–Crippen LogP) is 2.21. The summed E-state index contributed by atoms with van der Waals surface area (Å²) >= 11 is 3.15. The molecule has 0 saturated heterocycles.